The van der Waals surface area contributed by atoms with Gasteiger partial charge in [-0.25, -0.2) is 0 Å². The smallest absolute Gasteiger partial charge is 0.242 e. The van der Waals surface area contributed by atoms with Crippen LogP contribution in [0, 0.1) is 0 Å². The molecule has 6 nitrogen and oxygen atoms in total. The summed E-state index contributed by atoms with van der Waals surface area (Å²) in [7, 11) is 0. The van der Waals surface area contributed by atoms with E-state index in [4.69, 9.17) is 5.73 Å². The summed E-state index contributed by atoms with van der Waals surface area (Å²) >= 11 is 1.67. The number of benzene rings is 1. The van der Waals surface area contributed by atoms with Gasteiger partial charge in [0.05, 0.1) is 6.04 Å². The highest BCUT2D eigenvalue weighted by molar-refractivity contribution is 7.98. The number of anilines is 1. The Kier molecular flexibility index (Phi) is 7.53. The topological polar surface area (TPSA) is 80.4 Å². The lowest BCUT2D eigenvalue weighted by Crippen LogP contribution is -2.36. The Morgan fingerprint density at radius 3 is 2.65 bits per heavy atom. The predicted octanol–water partition coefficient (Wildman–Crippen LogP) is 2.53. The average Bonchev–Trinajstić information content (AvgIpc) is 3.02. The van der Waals surface area contributed by atoms with Gasteiger partial charge in [0, 0.05) is 35.9 Å². The molecule has 0 saturated carbocycles. The molecule has 0 bridgehead atoms. The summed E-state index contributed by atoms with van der Waals surface area (Å²) < 4.78 is 1.94. The Labute approximate surface area is 159 Å². The van der Waals surface area contributed by atoms with Crippen LogP contribution in [0.1, 0.15) is 20.3 Å². The molecule has 2 amide bonds. The van der Waals surface area contributed by atoms with E-state index in [2.05, 4.69) is 5.32 Å². The van der Waals surface area contributed by atoms with Crippen molar-refractivity contribution in [2.75, 3.05) is 30.4 Å². The van der Waals surface area contributed by atoms with Crippen LogP contribution in [0.2, 0.25) is 0 Å². The molecule has 26 heavy (non-hydrogen) atoms. The van der Waals surface area contributed by atoms with E-state index in [1.807, 2.05) is 60.0 Å². The molecule has 0 spiro atoms. The summed E-state index contributed by atoms with van der Waals surface area (Å²) in [5.41, 5.74) is 7.59. The number of nitrogens with two attached hydrogens (primary N) is 1. The zero-order chi connectivity index (χ0) is 19.1. The molecule has 0 aliphatic heterocycles. The Bertz CT molecular complexity index is 755. The van der Waals surface area contributed by atoms with Crippen LogP contribution in [0.25, 0.3) is 10.9 Å². The molecule has 1 heterocycles. The monoisotopic (exact) mass is 376 g/mol. The van der Waals surface area contributed by atoms with Crippen LogP contribution in [0.3, 0.4) is 0 Å². The molecule has 0 radical (unpaired) electrons. The fourth-order valence-electron chi connectivity index (χ4n) is 2.85. The van der Waals surface area contributed by atoms with Crippen LogP contribution in [0.5, 0.6) is 0 Å². The highest BCUT2D eigenvalue weighted by Crippen LogP contribution is 2.21. The van der Waals surface area contributed by atoms with Crippen molar-refractivity contribution < 1.29 is 9.59 Å². The number of aromatic nitrogens is 1. The molecule has 1 aromatic heterocycles. The van der Waals surface area contributed by atoms with Crippen LogP contribution < -0.4 is 11.1 Å². The zero-order valence-electron chi connectivity index (χ0n) is 15.7. The Hall–Kier alpha value is -1.99. The molecule has 0 saturated heterocycles. The third-order valence-electron chi connectivity index (χ3n) is 4.43. The van der Waals surface area contributed by atoms with Crippen molar-refractivity contribution in [3.63, 3.8) is 0 Å². The van der Waals surface area contributed by atoms with Crippen LogP contribution in [0.4, 0.5) is 5.69 Å². The van der Waals surface area contributed by atoms with E-state index in [1.54, 1.807) is 11.8 Å². The summed E-state index contributed by atoms with van der Waals surface area (Å²) in [5, 5.41) is 3.85. The maximum atomic E-state index is 12.3. The molecule has 0 aliphatic carbocycles. The van der Waals surface area contributed by atoms with Crippen molar-refractivity contribution in [3.05, 3.63) is 30.5 Å². The number of likely N-dealkylation sites (N-methyl/N-ethyl adjacent to an activating group) is 1. The van der Waals surface area contributed by atoms with Crippen molar-refractivity contribution >= 4 is 40.2 Å². The van der Waals surface area contributed by atoms with E-state index < -0.39 is 6.04 Å². The number of rotatable bonds is 9. The largest absolute Gasteiger partial charge is 0.342 e. The van der Waals surface area contributed by atoms with Crippen molar-refractivity contribution in [1.82, 2.24) is 9.47 Å². The fraction of sp³-hybridized carbons (Fsp3) is 0.474. The van der Waals surface area contributed by atoms with Crippen LogP contribution in [-0.2, 0) is 16.1 Å². The number of carbonyl (C=O) groups is 2. The second-order valence-electron chi connectivity index (χ2n) is 6.16. The second kappa shape index (κ2) is 9.64. The van der Waals surface area contributed by atoms with E-state index in [0.29, 0.717) is 26.1 Å². The normalized spacial score (nSPS) is 12.2. The maximum Gasteiger partial charge on any atom is 0.242 e. The van der Waals surface area contributed by atoms with Gasteiger partial charge in [0.1, 0.15) is 6.54 Å². The summed E-state index contributed by atoms with van der Waals surface area (Å²) in [5.74, 6) is 0.788. The molecule has 142 valence electrons. The van der Waals surface area contributed by atoms with Gasteiger partial charge in [0.25, 0.3) is 0 Å². The number of hydrogen-bond acceptors (Lipinski definition) is 4. The van der Waals surface area contributed by atoms with Gasteiger partial charge in [-0.1, -0.05) is 0 Å². The molecule has 0 aliphatic rings. The molecule has 1 atom stereocenters. The van der Waals surface area contributed by atoms with Crippen LogP contribution >= 0.6 is 11.8 Å². The number of nitrogens with zero attached hydrogens (tertiary/aromatic N) is 2. The van der Waals surface area contributed by atoms with Gasteiger partial charge < -0.3 is 20.5 Å². The molecular weight excluding hydrogens is 348 g/mol. The number of hydrogen-bond donors (Lipinski definition) is 2. The minimum Gasteiger partial charge on any atom is -0.342 e. The van der Waals surface area contributed by atoms with E-state index in [0.717, 1.165) is 22.3 Å². The van der Waals surface area contributed by atoms with Gasteiger partial charge in [-0.3, -0.25) is 9.59 Å². The quantitative estimate of drug-likeness (QED) is 0.705. The summed E-state index contributed by atoms with van der Waals surface area (Å²) in [6, 6.07) is 7.13. The van der Waals surface area contributed by atoms with E-state index >= 15 is 0 Å². The molecule has 2 rings (SSSR count). The van der Waals surface area contributed by atoms with Gasteiger partial charge in [0.2, 0.25) is 11.8 Å². The number of thioether (sulfide) groups is 1. The van der Waals surface area contributed by atoms with E-state index in [-0.39, 0.29) is 11.8 Å². The molecule has 3 N–H and O–H groups in total. The Morgan fingerprint density at radius 1 is 1.27 bits per heavy atom. The standard InChI is InChI=1S/C19H28N4O2S/c1-4-22(5-2)18(24)13-23-10-8-14-12-15(6-7-17(14)23)21-19(25)16(20)9-11-26-3/h6-8,10,12,16H,4-5,9,11,13,20H2,1-3H3,(H,21,25)/t16-/m0/s1. The number of amides is 2. The first kappa shape index (κ1) is 20.3. The van der Waals surface area contributed by atoms with E-state index in [9.17, 15) is 9.59 Å². The lowest BCUT2D eigenvalue weighted by Gasteiger charge is -2.19. The third kappa shape index (κ3) is 5.02. The van der Waals surface area contributed by atoms with Crippen molar-refractivity contribution in [2.24, 2.45) is 5.73 Å². The third-order valence-corrected chi connectivity index (χ3v) is 5.07. The van der Waals surface area contributed by atoms with Gasteiger partial charge in [0.15, 0.2) is 0 Å². The zero-order valence-corrected chi connectivity index (χ0v) is 16.5. The lowest BCUT2D eigenvalue weighted by molar-refractivity contribution is -0.131. The highest BCUT2D eigenvalue weighted by atomic mass is 32.2. The molecule has 2 aromatic rings. The summed E-state index contributed by atoms with van der Waals surface area (Å²) in [6.07, 6.45) is 4.55. The summed E-state index contributed by atoms with van der Waals surface area (Å²) in [4.78, 5) is 26.3. The first-order chi connectivity index (χ1) is 12.5. The first-order valence-electron chi connectivity index (χ1n) is 8.92. The lowest BCUT2D eigenvalue weighted by atomic mass is 10.2. The Balaban J connectivity index is 2.08. The number of fused-ring (bicyclic) bond motifs is 1. The van der Waals surface area contributed by atoms with Gasteiger partial charge in [-0.15, -0.1) is 0 Å². The summed E-state index contributed by atoms with van der Waals surface area (Å²) in [6.45, 7) is 5.70. The first-order valence-corrected chi connectivity index (χ1v) is 10.3. The van der Waals surface area contributed by atoms with Crippen molar-refractivity contribution in [2.45, 2.75) is 32.9 Å². The highest BCUT2D eigenvalue weighted by Gasteiger charge is 2.14. The van der Waals surface area contributed by atoms with E-state index in [1.165, 1.54) is 0 Å². The molecule has 0 unspecified atom stereocenters. The minimum atomic E-state index is -0.505. The molecular formula is C19H28N4O2S. The van der Waals surface area contributed by atoms with Gasteiger partial charge in [-0.2, -0.15) is 11.8 Å². The number of carbonyl (C=O) groups excluding carboxylic acids is 2. The number of nitrogens with one attached hydrogen (secondary N) is 1. The minimum absolute atomic E-state index is 0.102. The van der Waals surface area contributed by atoms with Crippen LogP contribution in [-0.4, -0.2) is 52.4 Å². The fourth-order valence-corrected chi connectivity index (χ4v) is 3.34. The van der Waals surface area contributed by atoms with Crippen LogP contribution in [0.15, 0.2) is 30.5 Å². The van der Waals surface area contributed by atoms with Crippen molar-refractivity contribution in [1.29, 1.82) is 0 Å². The second-order valence-corrected chi connectivity index (χ2v) is 7.15. The van der Waals surface area contributed by atoms with Gasteiger partial charge in [-0.05, 0) is 56.5 Å². The molecule has 7 heteroatoms. The SMILES string of the molecule is CCN(CC)C(=O)Cn1ccc2cc(NC(=O)[C@@H](N)CCSC)ccc21. The van der Waals surface area contributed by atoms with Gasteiger partial charge >= 0.3 is 0 Å². The molecule has 0 fully saturated rings. The van der Waals surface area contributed by atoms with Crippen molar-refractivity contribution in [3.8, 4) is 0 Å². The predicted molar refractivity (Wildman–Crippen MR) is 109 cm³/mol. The maximum absolute atomic E-state index is 12.3. The average molecular weight is 377 g/mol. The Morgan fingerprint density at radius 2 is 2.00 bits per heavy atom. The molecule has 1 aromatic carbocycles.